The highest BCUT2D eigenvalue weighted by Crippen LogP contribution is 2.38. The monoisotopic (exact) mass is 376 g/mol. The Balaban J connectivity index is 1.65. The zero-order valence-corrected chi connectivity index (χ0v) is 14.5. The van der Waals surface area contributed by atoms with E-state index in [1.165, 1.54) is 41.5 Å². The van der Waals surface area contributed by atoms with Gasteiger partial charge in [0, 0.05) is 10.4 Å². The van der Waals surface area contributed by atoms with Crippen LogP contribution in [0.2, 0.25) is 0 Å². The molecule has 1 aliphatic rings. The first kappa shape index (κ1) is 17.0. The summed E-state index contributed by atoms with van der Waals surface area (Å²) in [6.45, 7) is 0. The molecule has 0 fully saturated rings. The number of hydrogen-bond donors (Lipinski definition) is 1. The summed E-state index contributed by atoms with van der Waals surface area (Å²) >= 11 is 1.66. The van der Waals surface area contributed by atoms with E-state index >= 15 is 0 Å². The molecule has 0 radical (unpaired) electrons. The predicted octanol–water partition coefficient (Wildman–Crippen LogP) is 5.03. The maximum Gasteiger partial charge on any atom is 0.417 e. The molecule has 4 nitrogen and oxygen atoms in total. The van der Waals surface area contributed by atoms with Gasteiger partial charge >= 0.3 is 6.18 Å². The zero-order chi connectivity index (χ0) is 18.1. The van der Waals surface area contributed by atoms with E-state index in [4.69, 9.17) is 0 Å². The van der Waals surface area contributed by atoms with Gasteiger partial charge in [-0.2, -0.15) is 18.3 Å². The van der Waals surface area contributed by atoms with E-state index in [2.05, 4.69) is 20.5 Å². The second-order valence-corrected chi connectivity index (χ2v) is 7.15. The van der Waals surface area contributed by atoms with Gasteiger partial charge in [0.25, 0.3) is 0 Å². The van der Waals surface area contributed by atoms with Crippen LogP contribution in [-0.2, 0) is 19.0 Å². The number of anilines is 1. The molecule has 26 heavy (non-hydrogen) atoms. The molecule has 3 aromatic rings. The van der Waals surface area contributed by atoms with Gasteiger partial charge in [-0.15, -0.1) is 11.3 Å². The lowest BCUT2D eigenvalue weighted by atomic mass is 9.97. The van der Waals surface area contributed by atoms with Crippen LogP contribution in [0.1, 0.15) is 34.4 Å². The lowest BCUT2D eigenvalue weighted by Crippen LogP contribution is -2.09. The first-order valence-corrected chi connectivity index (χ1v) is 9.06. The van der Waals surface area contributed by atoms with Gasteiger partial charge < -0.3 is 0 Å². The van der Waals surface area contributed by atoms with Crippen molar-refractivity contribution in [3.8, 4) is 0 Å². The van der Waals surface area contributed by atoms with Crippen molar-refractivity contribution in [2.75, 3.05) is 5.43 Å². The van der Waals surface area contributed by atoms with Crippen molar-refractivity contribution in [1.82, 2.24) is 9.97 Å². The van der Waals surface area contributed by atoms with Crippen LogP contribution in [0.4, 0.5) is 19.0 Å². The maximum atomic E-state index is 13.1. The molecule has 0 saturated heterocycles. The van der Waals surface area contributed by atoms with Crippen LogP contribution in [0.15, 0.2) is 35.7 Å². The first-order valence-electron chi connectivity index (χ1n) is 8.24. The average molecular weight is 376 g/mol. The van der Waals surface area contributed by atoms with E-state index in [1.807, 2.05) is 0 Å². The van der Waals surface area contributed by atoms with Crippen molar-refractivity contribution in [2.24, 2.45) is 5.10 Å². The molecule has 1 N–H and O–H groups in total. The van der Waals surface area contributed by atoms with Crippen molar-refractivity contribution >= 4 is 33.6 Å². The Hall–Kier alpha value is -2.48. The van der Waals surface area contributed by atoms with E-state index in [-0.39, 0.29) is 5.56 Å². The van der Waals surface area contributed by atoms with E-state index in [0.29, 0.717) is 5.82 Å². The van der Waals surface area contributed by atoms with Gasteiger partial charge in [-0.1, -0.05) is 18.2 Å². The lowest BCUT2D eigenvalue weighted by molar-refractivity contribution is -0.137. The molecule has 0 bridgehead atoms. The van der Waals surface area contributed by atoms with E-state index in [9.17, 15) is 13.2 Å². The third-order valence-electron chi connectivity index (χ3n) is 4.39. The average Bonchev–Trinajstić information content (AvgIpc) is 3.01. The quantitative estimate of drug-likeness (QED) is 0.515. The number of hydrazone groups is 1. The second-order valence-electron chi connectivity index (χ2n) is 6.07. The van der Waals surface area contributed by atoms with Gasteiger partial charge in [0.15, 0.2) is 5.82 Å². The Kier molecular flexibility index (Phi) is 4.36. The van der Waals surface area contributed by atoms with Crippen LogP contribution < -0.4 is 5.43 Å². The summed E-state index contributed by atoms with van der Waals surface area (Å²) < 4.78 is 39.2. The van der Waals surface area contributed by atoms with Gasteiger partial charge in [-0.25, -0.2) is 9.97 Å². The number of nitrogens with zero attached hydrogens (tertiary/aromatic N) is 3. The predicted molar refractivity (Wildman–Crippen MR) is 96.7 cm³/mol. The highest BCUT2D eigenvalue weighted by atomic mass is 32.1. The number of rotatable bonds is 3. The highest BCUT2D eigenvalue weighted by Gasteiger charge is 2.32. The van der Waals surface area contributed by atoms with Crippen LogP contribution >= 0.6 is 11.3 Å². The molecule has 0 saturated carbocycles. The summed E-state index contributed by atoms with van der Waals surface area (Å²) in [6.07, 6.45) is 2.51. The number of alkyl halides is 3. The molecule has 0 aliphatic heterocycles. The third kappa shape index (κ3) is 3.16. The van der Waals surface area contributed by atoms with Crippen LogP contribution in [-0.4, -0.2) is 16.2 Å². The third-order valence-corrected chi connectivity index (χ3v) is 5.59. The number of aryl methyl sites for hydroxylation is 2. The van der Waals surface area contributed by atoms with Crippen molar-refractivity contribution in [2.45, 2.75) is 31.9 Å². The fourth-order valence-electron chi connectivity index (χ4n) is 3.21. The number of hydrogen-bond acceptors (Lipinski definition) is 5. The number of fused-ring (bicyclic) bond motifs is 3. The molecule has 0 amide bonds. The minimum absolute atomic E-state index is 0.00477. The molecule has 0 unspecified atom stereocenters. The molecule has 0 atom stereocenters. The number of nitrogens with one attached hydrogen (secondary N) is 1. The maximum absolute atomic E-state index is 13.1. The summed E-state index contributed by atoms with van der Waals surface area (Å²) in [5.74, 6) is 0.537. The summed E-state index contributed by atoms with van der Waals surface area (Å²) in [4.78, 5) is 10.8. The van der Waals surface area contributed by atoms with Crippen LogP contribution in [0.25, 0.3) is 10.2 Å². The standard InChI is InChI=1S/C18H15F3N4S/c19-18(20,21)13-7-3-1-5-11(13)9-24-25-16-15-12-6-2-4-8-14(12)26-17(15)23-10-22-16/h1,3,5,7,9-10H,2,4,6,8H2,(H,22,23,25)/b24-9+. The summed E-state index contributed by atoms with van der Waals surface area (Å²) in [6, 6.07) is 5.34. The van der Waals surface area contributed by atoms with E-state index in [1.54, 1.807) is 17.4 Å². The first-order chi connectivity index (χ1) is 12.5. The smallest absolute Gasteiger partial charge is 0.261 e. The molecule has 2 aromatic heterocycles. The Morgan fingerprint density at radius 1 is 1.12 bits per heavy atom. The molecular formula is C18H15F3N4S. The van der Waals surface area contributed by atoms with Crippen molar-refractivity contribution in [3.05, 3.63) is 52.2 Å². The van der Waals surface area contributed by atoms with Crippen molar-refractivity contribution in [3.63, 3.8) is 0 Å². The Morgan fingerprint density at radius 3 is 2.77 bits per heavy atom. The Morgan fingerprint density at radius 2 is 1.92 bits per heavy atom. The lowest BCUT2D eigenvalue weighted by Gasteiger charge is -2.11. The molecule has 2 heterocycles. The Labute approximate surface area is 151 Å². The topological polar surface area (TPSA) is 50.2 Å². The molecule has 4 rings (SSSR count). The molecule has 8 heteroatoms. The highest BCUT2D eigenvalue weighted by molar-refractivity contribution is 7.19. The second kappa shape index (κ2) is 6.68. The zero-order valence-electron chi connectivity index (χ0n) is 13.7. The summed E-state index contributed by atoms with van der Waals surface area (Å²) in [5.41, 5.74) is 3.34. The number of halogens is 3. The Bertz CT molecular complexity index is 978. The molecular weight excluding hydrogens is 361 g/mol. The fourth-order valence-corrected chi connectivity index (χ4v) is 4.43. The van der Waals surface area contributed by atoms with Crippen LogP contribution in [0.3, 0.4) is 0 Å². The minimum atomic E-state index is -4.42. The largest absolute Gasteiger partial charge is 0.417 e. The van der Waals surface area contributed by atoms with Gasteiger partial charge in [0.2, 0.25) is 0 Å². The van der Waals surface area contributed by atoms with Gasteiger partial charge in [0.05, 0.1) is 17.2 Å². The SMILES string of the molecule is FC(F)(F)c1ccccc1/C=N/Nc1ncnc2sc3c(c12)CCCC3. The van der Waals surface area contributed by atoms with Crippen LogP contribution in [0, 0.1) is 0 Å². The van der Waals surface area contributed by atoms with Crippen molar-refractivity contribution < 1.29 is 13.2 Å². The minimum Gasteiger partial charge on any atom is -0.261 e. The van der Waals surface area contributed by atoms with Gasteiger partial charge in [-0.05, 0) is 37.3 Å². The molecule has 134 valence electrons. The van der Waals surface area contributed by atoms with Crippen LogP contribution in [0.5, 0.6) is 0 Å². The number of benzene rings is 1. The normalized spacial score (nSPS) is 14.7. The summed E-state index contributed by atoms with van der Waals surface area (Å²) in [5, 5.41) is 4.94. The summed E-state index contributed by atoms with van der Waals surface area (Å²) in [7, 11) is 0. The van der Waals surface area contributed by atoms with Gasteiger partial charge in [0.1, 0.15) is 11.2 Å². The van der Waals surface area contributed by atoms with E-state index < -0.39 is 11.7 Å². The molecule has 1 aliphatic carbocycles. The number of aromatic nitrogens is 2. The number of thiophene rings is 1. The van der Waals surface area contributed by atoms with E-state index in [0.717, 1.165) is 35.5 Å². The molecule has 0 spiro atoms. The van der Waals surface area contributed by atoms with Crippen molar-refractivity contribution in [1.29, 1.82) is 0 Å². The van der Waals surface area contributed by atoms with Gasteiger partial charge in [-0.3, -0.25) is 5.43 Å². The fraction of sp³-hybridized carbons (Fsp3) is 0.278. The molecule has 1 aromatic carbocycles.